The lowest BCUT2D eigenvalue weighted by atomic mass is 9.92. The van der Waals surface area contributed by atoms with E-state index in [1.807, 2.05) is 29.2 Å². The van der Waals surface area contributed by atoms with Crippen molar-refractivity contribution in [3.05, 3.63) is 34.6 Å². The Hall–Kier alpha value is -1.90. The van der Waals surface area contributed by atoms with Crippen LogP contribution < -0.4 is 5.56 Å². The van der Waals surface area contributed by atoms with Gasteiger partial charge in [0.1, 0.15) is 0 Å². The van der Waals surface area contributed by atoms with Gasteiger partial charge in [-0.15, -0.1) is 0 Å². The van der Waals surface area contributed by atoms with Crippen LogP contribution in [-0.2, 0) is 16.1 Å². The molecule has 2 fully saturated rings. The second-order valence-corrected chi connectivity index (χ2v) is 10.2. The van der Waals surface area contributed by atoms with E-state index in [1.165, 1.54) is 18.2 Å². The Kier molecular flexibility index (Phi) is 7.86. The van der Waals surface area contributed by atoms with E-state index in [2.05, 4.69) is 18.7 Å². The van der Waals surface area contributed by atoms with Crippen LogP contribution in [0.1, 0.15) is 26.7 Å². The molecule has 2 atom stereocenters. The van der Waals surface area contributed by atoms with Crippen LogP contribution in [-0.4, -0.2) is 76.9 Å². The first-order valence-electron chi connectivity index (χ1n) is 11.7. The van der Waals surface area contributed by atoms with Crippen LogP contribution in [0, 0.1) is 11.8 Å². The number of benzene rings is 1. The van der Waals surface area contributed by atoms with Crippen LogP contribution in [0.5, 0.6) is 0 Å². The molecule has 2 aliphatic rings. The number of nitrogens with zero attached hydrogens (tertiary/aromatic N) is 4. The van der Waals surface area contributed by atoms with Gasteiger partial charge < -0.3 is 9.64 Å². The molecule has 1 aromatic carbocycles. The number of rotatable bonds is 7. The fourth-order valence-electron chi connectivity index (χ4n) is 4.82. The monoisotopic (exact) mass is 458 g/mol. The van der Waals surface area contributed by atoms with Crippen molar-refractivity contribution in [3.63, 3.8) is 0 Å². The minimum absolute atomic E-state index is 0.0206. The molecular weight excluding hydrogens is 424 g/mol. The number of carbonyl (C=O) groups is 1. The van der Waals surface area contributed by atoms with Crippen LogP contribution in [0.2, 0.25) is 0 Å². The van der Waals surface area contributed by atoms with Gasteiger partial charge in [-0.25, -0.2) is 4.98 Å². The molecular formula is C24H34N4O3S. The van der Waals surface area contributed by atoms with Crippen molar-refractivity contribution in [3.8, 4) is 0 Å². The number of likely N-dealkylation sites (tertiary alicyclic amines) is 1. The van der Waals surface area contributed by atoms with Crippen LogP contribution in [0.4, 0.5) is 0 Å². The molecule has 4 rings (SSSR count). The minimum atomic E-state index is -0.0206. The van der Waals surface area contributed by atoms with Crippen molar-refractivity contribution in [1.29, 1.82) is 0 Å². The molecule has 0 bridgehead atoms. The van der Waals surface area contributed by atoms with Crippen molar-refractivity contribution in [1.82, 2.24) is 19.4 Å². The summed E-state index contributed by atoms with van der Waals surface area (Å²) < 4.78 is 7.19. The molecule has 1 aromatic heterocycles. The number of piperidine rings is 1. The zero-order chi connectivity index (χ0) is 22.5. The number of ether oxygens (including phenoxy) is 1. The van der Waals surface area contributed by atoms with E-state index in [1.54, 1.807) is 4.57 Å². The smallest absolute Gasteiger partial charge is 0.262 e. The topological polar surface area (TPSA) is 67.7 Å². The van der Waals surface area contributed by atoms with Gasteiger partial charge in [0.05, 0.1) is 29.9 Å². The van der Waals surface area contributed by atoms with E-state index in [0.717, 1.165) is 52.4 Å². The van der Waals surface area contributed by atoms with Crippen LogP contribution >= 0.6 is 11.8 Å². The summed E-state index contributed by atoms with van der Waals surface area (Å²) in [6, 6.07) is 7.47. The highest BCUT2D eigenvalue weighted by Crippen LogP contribution is 2.23. The fourth-order valence-corrected chi connectivity index (χ4v) is 5.74. The molecule has 7 nitrogen and oxygen atoms in total. The van der Waals surface area contributed by atoms with Crippen LogP contribution in [0.15, 0.2) is 34.2 Å². The maximum Gasteiger partial charge on any atom is 0.262 e. The normalized spacial score (nSPS) is 22.4. The van der Waals surface area contributed by atoms with E-state index >= 15 is 0 Å². The Bertz CT molecular complexity index is 979. The van der Waals surface area contributed by atoms with E-state index in [9.17, 15) is 9.59 Å². The summed E-state index contributed by atoms with van der Waals surface area (Å²) in [5.74, 6) is 1.51. The molecule has 2 aromatic rings. The number of amides is 1. The Morgan fingerprint density at radius 1 is 1.12 bits per heavy atom. The number of fused-ring (bicyclic) bond motifs is 1. The molecule has 8 heteroatoms. The SMILES string of the molecule is C[C@@H]1C[C@H](C)CN(C(=O)CSc2nc3ccccc3c(=O)n2CCCN2CCOCC2)C1. The molecule has 3 heterocycles. The quantitative estimate of drug-likeness (QED) is 0.470. The highest BCUT2D eigenvalue weighted by Gasteiger charge is 2.25. The summed E-state index contributed by atoms with van der Waals surface area (Å²) in [6.07, 6.45) is 2.04. The predicted octanol–water partition coefficient (Wildman–Crippen LogP) is 2.72. The van der Waals surface area contributed by atoms with Gasteiger partial charge in [0, 0.05) is 39.3 Å². The lowest BCUT2D eigenvalue weighted by molar-refractivity contribution is -0.130. The van der Waals surface area contributed by atoms with Gasteiger partial charge in [-0.2, -0.15) is 0 Å². The highest BCUT2D eigenvalue weighted by atomic mass is 32.2. The Balaban J connectivity index is 1.48. The van der Waals surface area contributed by atoms with E-state index in [-0.39, 0.29) is 11.5 Å². The van der Waals surface area contributed by atoms with E-state index in [0.29, 0.717) is 40.2 Å². The first-order chi connectivity index (χ1) is 15.5. The largest absolute Gasteiger partial charge is 0.379 e. The lowest BCUT2D eigenvalue weighted by Crippen LogP contribution is -2.43. The zero-order valence-electron chi connectivity index (χ0n) is 19.2. The molecule has 1 amide bonds. The van der Waals surface area contributed by atoms with Crippen LogP contribution in [0.25, 0.3) is 10.9 Å². The van der Waals surface area contributed by atoms with Crippen molar-refractivity contribution in [2.24, 2.45) is 11.8 Å². The highest BCUT2D eigenvalue weighted by molar-refractivity contribution is 7.99. The Labute approximate surface area is 194 Å². The maximum absolute atomic E-state index is 13.2. The molecule has 2 saturated heterocycles. The van der Waals surface area contributed by atoms with Gasteiger partial charge in [0.15, 0.2) is 5.16 Å². The van der Waals surface area contributed by atoms with Crippen LogP contribution in [0.3, 0.4) is 0 Å². The fraction of sp³-hybridized carbons (Fsp3) is 0.625. The first-order valence-corrected chi connectivity index (χ1v) is 12.7. The molecule has 0 N–H and O–H groups in total. The molecule has 32 heavy (non-hydrogen) atoms. The molecule has 2 aliphatic heterocycles. The van der Waals surface area contributed by atoms with Gasteiger partial charge in [0.2, 0.25) is 5.91 Å². The number of para-hydroxylation sites is 1. The number of aromatic nitrogens is 2. The summed E-state index contributed by atoms with van der Waals surface area (Å²) in [6.45, 7) is 11.0. The summed E-state index contributed by atoms with van der Waals surface area (Å²) in [5.41, 5.74) is 0.671. The number of morpholine rings is 1. The number of thioether (sulfide) groups is 1. The average Bonchev–Trinajstić information content (AvgIpc) is 2.79. The number of carbonyl (C=O) groups excluding carboxylic acids is 1. The second kappa shape index (κ2) is 10.8. The Morgan fingerprint density at radius 2 is 1.84 bits per heavy atom. The summed E-state index contributed by atoms with van der Waals surface area (Å²) in [4.78, 5) is 35.3. The standard InChI is InChI=1S/C24H34N4O3S/c1-18-14-19(2)16-27(15-18)22(29)17-32-24-25-21-7-4-3-6-20(21)23(30)28(24)9-5-8-26-10-12-31-13-11-26/h3-4,6-7,18-19H,5,8-17H2,1-2H3/t18-,19+. The van der Waals surface area contributed by atoms with Gasteiger partial charge in [-0.1, -0.05) is 37.7 Å². The van der Waals surface area contributed by atoms with E-state index in [4.69, 9.17) is 9.72 Å². The number of hydrogen-bond acceptors (Lipinski definition) is 6. The third-order valence-corrected chi connectivity index (χ3v) is 7.29. The molecule has 0 radical (unpaired) electrons. The average molecular weight is 459 g/mol. The third-order valence-electron chi connectivity index (χ3n) is 6.33. The molecule has 0 aliphatic carbocycles. The second-order valence-electron chi connectivity index (χ2n) is 9.21. The van der Waals surface area contributed by atoms with Crippen molar-refractivity contribution in [2.75, 3.05) is 51.7 Å². The van der Waals surface area contributed by atoms with E-state index < -0.39 is 0 Å². The van der Waals surface area contributed by atoms with Gasteiger partial charge >= 0.3 is 0 Å². The van der Waals surface area contributed by atoms with Gasteiger partial charge in [-0.3, -0.25) is 19.1 Å². The van der Waals surface area contributed by atoms with Crippen molar-refractivity contribution in [2.45, 2.75) is 38.4 Å². The van der Waals surface area contributed by atoms with Crippen molar-refractivity contribution < 1.29 is 9.53 Å². The maximum atomic E-state index is 13.2. The summed E-state index contributed by atoms with van der Waals surface area (Å²) >= 11 is 1.39. The summed E-state index contributed by atoms with van der Waals surface area (Å²) in [5, 5.41) is 1.27. The minimum Gasteiger partial charge on any atom is -0.379 e. The van der Waals surface area contributed by atoms with Gasteiger partial charge in [-0.05, 0) is 36.8 Å². The summed E-state index contributed by atoms with van der Waals surface area (Å²) in [7, 11) is 0. The zero-order valence-corrected chi connectivity index (χ0v) is 20.0. The molecule has 0 unspecified atom stereocenters. The predicted molar refractivity (Wildman–Crippen MR) is 128 cm³/mol. The molecule has 0 spiro atoms. The Morgan fingerprint density at radius 3 is 2.59 bits per heavy atom. The van der Waals surface area contributed by atoms with Crippen molar-refractivity contribution >= 4 is 28.6 Å². The third kappa shape index (κ3) is 5.71. The molecule has 0 saturated carbocycles. The molecule has 174 valence electrons. The first kappa shape index (κ1) is 23.3. The van der Waals surface area contributed by atoms with Gasteiger partial charge in [0.25, 0.3) is 5.56 Å². The number of hydrogen-bond donors (Lipinski definition) is 0. The lowest BCUT2D eigenvalue weighted by Gasteiger charge is -2.35.